The smallest absolute Gasteiger partial charge is 0.276 e. The standard InChI is InChI=1S/C32H49N5O3/c1-21(5-10-29(39)36-15-17-37(18-16-36)30(40)28-20-35(4)34-33-28)25-8-9-26-24-7-6-22-19-23(38)11-13-31(22,2)27(24)12-14-32(25,26)3/h6,20-21,23-27,38H,5,7-19H2,1-4H3/t21?,23-,24-,25+,26-,27-,31-,32+/m0/s1. The SMILES string of the molecule is CC(CCC(=O)N1CCN(C(=O)c2cn(C)nn2)CC1)[C@H]1CC[C@H]2[C@@H]3CC=C4C[C@@H](O)CC[C@]4(C)[C@H]3CC[C@]12C. The highest BCUT2D eigenvalue weighted by atomic mass is 16.3. The molecule has 220 valence electrons. The molecular weight excluding hydrogens is 502 g/mol. The molecule has 40 heavy (non-hydrogen) atoms. The molecule has 0 radical (unpaired) electrons. The molecule has 1 unspecified atom stereocenters. The summed E-state index contributed by atoms with van der Waals surface area (Å²) in [5, 5.41) is 18.1. The van der Waals surface area contributed by atoms with E-state index in [4.69, 9.17) is 0 Å². The molecule has 6 rings (SSSR count). The molecule has 0 aromatic carbocycles. The lowest BCUT2D eigenvalue weighted by Crippen LogP contribution is -2.51. The van der Waals surface area contributed by atoms with Crippen molar-refractivity contribution in [2.24, 2.45) is 47.5 Å². The fourth-order valence-electron chi connectivity index (χ4n) is 10.1. The number of carbonyl (C=O) groups excluding carboxylic acids is 2. The van der Waals surface area contributed by atoms with E-state index in [1.807, 2.05) is 4.90 Å². The van der Waals surface area contributed by atoms with Gasteiger partial charge < -0.3 is 14.9 Å². The Morgan fingerprint density at radius 2 is 1.80 bits per heavy atom. The Kier molecular flexibility index (Phi) is 7.37. The summed E-state index contributed by atoms with van der Waals surface area (Å²) < 4.78 is 1.54. The Morgan fingerprint density at radius 3 is 2.52 bits per heavy atom. The van der Waals surface area contributed by atoms with E-state index in [0.29, 0.717) is 61.0 Å². The number of amides is 2. The van der Waals surface area contributed by atoms with Gasteiger partial charge in [0.1, 0.15) is 0 Å². The molecule has 1 aromatic heterocycles. The van der Waals surface area contributed by atoms with Gasteiger partial charge in [-0.2, -0.15) is 0 Å². The van der Waals surface area contributed by atoms with Crippen molar-refractivity contribution in [3.8, 4) is 0 Å². The van der Waals surface area contributed by atoms with Crippen LogP contribution in [0, 0.1) is 40.4 Å². The predicted octanol–water partition coefficient (Wildman–Crippen LogP) is 4.46. The van der Waals surface area contributed by atoms with Crippen LogP contribution in [-0.2, 0) is 11.8 Å². The Hall–Kier alpha value is -2.22. The van der Waals surface area contributed by atoms with Gasteiger partial charge in [-0.25, -0.2) is 0 Å². The highest BCUT2D eigenvalue weighted by Gasteiger charge is 2.59. The molecule has 4 fully saturated rings. The third-order valence-electron chi connectivity index (χ3n) is 12.4. The number of rotatable bonds is 5. The van der Waals surface area contributed by atoms with E-state index in [-0.39, 0.29) is 17.9 Å². The summed E-state index contributed by atoms with van der Waals surface area (Å²) in [5.41, 5.74) is 2.59. The van der Waals surface area contributed by atoms with Crippen molar-refractivity contribution in [1.82, 2.24) is 24.8 Å². The molecule has 5 aliphatic rings. The van der Waals surface area contributed by atoms with Crippen LogP contribution in [0.15, 0.2) is 17.8 Å². The number of carbonyl (C=O) groups is 2. The lowest BCUT2D eigenvalue weighted by Gasteiger charge is -2.58. The molecule has 8 atom stereocenters. The summed E-state index contributed by atoms with van der Waals surface area (Å²) in [4.78, 5) is 29.6. The maximum Gasteiger partial charge on any atom is 0.276 e. The molecule has 8 nitrogen and oxygen atoms in total. The molecule has 1 N–H and O–H groups in total. The number of fused-ring (bicyclic) bond motifs is 5. The van der Waals surface area contributed by atoms with Gasteiger partial charge in [0.15, 0.2) is 5.69 Å². The topological polar surface area (TPSA) is 91.6 Å². The third kappa shape index (κ3) is 4.72. The maximum atomic E-state index is 13.2. The highest BCUT2D eigenvalue weighted by Crippen LogP contribution is 2.67. The zero-order chi connectivity index (χ0) is 28.2. The summed E-state index contributed by atoms with van der Waals surface area (Å²) in [6.07, 6.45) is 15.1. The first kappa shape index (κ1) is 27.9. The molecule has 8 heteroatoms. The minimum atomic E-state index is -0.139. The second-order valence-corrected chi connectivity index (χ2v) is 14.4. The van der Waals surface area contributed by atoms with Gasteiger partial charge in [-0.3, -0.25) is 14.3 Å². The molecule has 4 aliphatic carbocycles. The van der Waals surface area contributed by atoms with Crippen molar-refractivity contribution in [1.29, 1.82) is 0 Å². The maximum absolute atomic E-state index is 13.2. The van der Waals surface area contributed by atoms with E-state index in [1.165, 1.54) is 36.8 Å². The number of piperazine rings is 1. The van der Waals surface area contributed by atoms with Crippen LogP contribution in [0.1, 0.15) is 95.5 Å². The quantitative estimate of drug-likeness (QED) is 0.546. The minimum Gasteiger partial charge on any atom is -0.393 e. The monoisotopic (exact) mass is 551 g/mol. The van der Waals surface area contributed by atoms with Crippen molar-refractivity contribution >= 4 is 11.8 Å². The number of aromatic nitrogens is 3. The van der Waals surface area contributed by atoms with Gasteiger partial charge in [-0.05, 0) is 98.2 Å². The van der Waals surface area contributed by atoms with Crippen LogP contribution in [0.3, 0.4) is 0 Å². The van der Waals surface area contributed by atoms with Gasteiger partial charge >= 0.3 is 0 Å². The van der Waals surface area contributed by atoms with Crippen molar-refractivity contribution in [3.63, 3.8) is 0 Å². The number of hydrogen-bond acceptors (Lipinski definition) is 5. The molecule has 1 aromatic rings. The van der Waals surface area contributed by atoms with E-state index in [0.717, 1.165) is 43.4 Å². The highest BCUT2D eigenvalue weighted by molar-refractivity contribution is 5.92. The number of nitrogens with zero attached hydrogens (tertiary/aromatic N) is 5. The van der Waals surface area contributed by atoms with Crippen molar-refractivity contribution in [3.05, 3.63) is 23.5 Å². The summed E-state index contributed by atoms with van der Waals surface area (Å²) in [5.74, 6) is 3.71. The first-order chi connectivity index (χ1) is 19.1. The van der Waals surface area contributed by atoms with Crippen LogP contribution < -0.4 is 0 Å². The fourth-order valence-corrected chi connectivity index (χ4v) is 10.1. The van der Waals surface area contributed by atoms with Crippen molar-refractivity contribution in [2.75, 3.05) is 26.2 Å². The van der Waals surface area contributed by atoms with Gasteiger partial charge in [0.25, 0.3) is 5.91 Å². The average Bonchev–Trinajstić information content (AvgIpc) is 3.54. The van der Waals surface area contributed by atoms with Gasteiger partial charge in [-0.1, -0.05) is 37.6 Å². The zero-order valence-electron chi connectivity index (χ0n) is 25.0. The first-order valence-corrected chi connectivity index (χ1v) is 15.9. The number of aliphatic hydroxyl groups excluding tert-OH is 1. The lowest BCUT2D eigenvalue weighted by atomic mass is 9.47. The second-order valence-electron chi connectivity index (χ2n) is 14.4. The summed E-state index contributed by atoms with van der Waals surface area (Å²) in [6.45, 7) is 9.79. The Balaban J connectivity index is 1.02. The lowest BCUT2D eigenvalue weighted by molar-refractivity contribution is -0.133. The molecule has 2 amide bonds. The Bertz CT molecular complexity index is 1160. The average molecular weight is 552 g/mol. The van der Waals surface area contributed by atoms with Crippen LogP contribution in [0.25, 0.3) is 0 Å². The van der Waals surface area contributed by atoms with Crippen LogP contribution in [0.2, 0.25) is 0 Å². The number of allylic oxidation sites excluding steroid dienone is 1. The zero-order valence-corrected chi connectivity index (χ0v) is 25.0. The Labute approximate surface area is 239 Å². The fraction of sp³-hybridized carbons (Fsp3) is 0.812. The summed E-state index contributed by atoms with van der Waals surface area (Å²) >= 11 is 0. The number of hydrogen-bond donors (Lipinski definition) is 1. The second kappa shape index (κ2) is 10.6. The molecule has 3 saturated carbocycles. The predicted molar refractivity (Wildman–Crippen MR) is 153 cm³/mol. The van der Waals surface area contributed by atoms with E-state index in [9.17, 15) is 14.7 Å². The van der Waals surface area contributed by atoms with Gasteiger partial charge in [0.05, 0.1) is 12.3 Å². The molecule has 2 heterocycles. The normalized spacial score (nSPS) is 38.2. The van der Waals surface area contributed by atoms with Crippen LogP contribution in [0.4, 0.5) is 0 Å². The minimum absolute atomic E-state index is 0.104. The Morgan fingerprint density at radius 1 is 1.05 bits per heavy atom. The van der Waals surface area contributed by atoms with Crippen molar-refractivity contribution < 1.29 is 14.7 Å². The van der Waals surface area contributed by atoms with Crippen LogP contribution in [0.5, 0.6) is 0 Å². The molecule has 1 saturated heterocycles. The number of aliphatic hydroxyl groups is 1. The van der Waals surface area contributed by atoms with Crippen LogP contribution in [-0.4, -0.2) is 74.0 Å². The van der Waals surface area contributed by atoms with Crippen LogP contribution >= 0.6 is 0 Å². The van der Waals surface area contributed by atoms with E-state index < -0.39 is 0 Å². The summed E-state index contributed by atoms with van der Waals surface area (Å²) in [6, 6.07) is 0. The molecule has 0 bridgehead atoms. The largest absolute Gasteiger partial charge is 0.393 e. The third-order valence-corrected chi connectivity index (χ3v) is 12.4. The molecular formula is C32H49N5O3. The van der Waals surface area contributed by atoms with Gasteiger partial charge in [0, 0.05) is 39.6 Å². The van der Waals surface area contributed by atoms with Gasteiger partial charge in [-0.15, -0.1) is 5.10 Å². The van der Waals surface area contributed by atoms with E-state index in [1.54, 1.807) is 23.7 Å². The number of aryl methyl sites for hydroxylation is 1. The first-order valence-electron chi connectivity index (χ1n) is 15.9. The molecule has 0 spiro atoms. The van der Waals surface area contributed by atoms with E-state index >= 15 is 0 Å². The van der Waals surface area contributed by atoms with Gasteiger partial charge in [0.2, 0.25) is 5.91 Å². The summed E-state index contributed by atoms with van der Waals surface area (Å²) in [7, 11) is 1.75. The van der Waals surface area contributed by atoms with E-state index in [2.05, 4.69) is 37.2 Å². The van der Waals surface area contributed by atoms with Crippen molar-refractivity contribution in [2.45, 2.75) is 91.1 Å². The molecule has 1 aliphatic heterocycles.